The Morgan fingerprint density at radius 2 is 1.56 bits per heavy atom. The van der Waals surface area contributed by atoms with Crippen LogP contribution in [0, 0.1) is 0 Å². The van der Waals surface area contributed by atoms with Gasteiger partial charge in [0.05, 0.1) is 0 Å². The molecule has 0 saturated carbocycles. The molecule has 1 aliphatic carbocycles. The van der Waals surface area contributed by atoms with Crippen molar-refractivity contribution >= 4 is 23.2 Å². The third-order valence-electron chi connectivity index (χ3n) is 3.36. The van der Waals surface area contributed by atoms with Gasteiger partial charge in [0, 0.05) is 4.86 Å². The summed E-state index contributed by atoms with van der Waals surface area (Å²) < 4.78 is 0. The minimum Gasteiger partial charge on any atom is -0.0791 e. The number of thiocarbonyl (C=S) groups is 1. The number of fused-ring (bicyclic) bond motifs is 1. The zero-order valence-electron chi connectivity index (χ0n) is 10.1. The van der Waals surface area contributed by atoms with Gasteiger partial charge >= 0.3 is 0 Å². The van der Waals surface area contributed by atoms with Crippen LogP contribution in [0.5, 0.6) is 0 Å². The van der Waals surface area contributed by atoms with Crippen molar-refractivity contribution < 1.29 is 0 Å². The Morgan fingerprint density at radius 1 is 0.833 bits per heavy atom. The summed E-state index contributed by atoms with van der Waals surface area (Å²) in [5.74, 6) is 0. The van der Waals surface area contributed by atoms with Gasteiger partial charge in [-0.15, -0.1) is 0 Å². The van der Waals surface area contributed by atoms with Crippen molar-refractivity contribution in [1.29, 1.82) is 0 Å². The van der Waals surface area contributed by atoms with E-state index in [-0.39, 0.29) is 0 Å². The van der Waals surface area contributed by atoms with Gasteiger partial charge in [-0.1, -0.05) is 72.9 Å². The first-order valence-corrected chi connectivity index (χ1v) is 6.63. The fraction of sp³-hybridized carbons (Fsp3) is 0.118. The lowest BCUT2D eigenvalue weighted by atomic mass is 9.87. The number of hydrogen-bond acceptors (Lipinski definition) is 1. The zero-order chi connectivity index (χ0) is 12.4. The summed E-state index contributed by atoms with van der Waals surface area (Å²) in [6, 6.07) is 18.9. The highest BCUT2D eigenvalue weighted by Crippen LogP contribution is 2.27. The van der Waals surface area contributed by atoms with E-state index in [9.17, 15) is 0 Å². The quantitative estimate of drug-likeness (QED) is 0.533. The van der Waals surface area contributed by atoms with Crippen molar-refractivity contribution in [2.24, 2.45) is 0 Å². The van der Waals surface area contributed by atoms with Crippen LogP contribution < -0.4 is 0 Å². The number of aryl methyl sites for hydroxylation is 1. The molecule has 18 heavy (non-hydrogen) atoms. The van der Waals surface area contributed by atoms with Crippen LogP contribution in [0.25, 0.3) is 6.08 Å². The van der Waals surface area contributed by atoms with Gasteiger partial charge in [-0.05, 0) is 35.1 Å². The maximum atomic E-state index is 5.61. The van der Waals surface area contributed by atoms with Crippen LogP contribution in [0.15, 0.2) is 60.2 Å². The van der Waals surface area contributed by atoms with E-state index in [2.05, 4.69) is 54.6 Å². The molecule has 0 nitrogen and oxygen atoms in total. The molecule has 0 amide bonds. The van der Waals surface area contributed by atoms with Gasteiger partial charge < -0.3 is 0 Å². The van der Waals surface area contributed by atoms with Crippen LogP contribution in [0.1, 0.15) is 23.1 Å². The Bertz CT molecular complexity index is 609. The molecule has 0 unspecified atom stereocenters. The summed E-state index contributed by atoms with van der Waals surface area (Å²) in [5.41, 5.74) is 5.14. The van der Waals surface area contributed by atoms with E-state index in [1.807, 2.05) is 6.07 Å². The standard InChI is InChI=1S/C17H14S/c18-17-15(12-13-6-2-1-3-7-13)11-10-14-8-4-5-9-16(14)17/h1-9,12H,10-11H2/b15-12+. The smallest absolute Gasteiger partial charge is 0.0484 e. The molecule has 0 aliphatic heterocycles. The monoisotopic (exact) mass is 250 g/mol. The van der Waals surface area contributed by atoms with Gasteiger partial charge in [0.2, 0.25) is 0 Å². The summed E-state index contributed by atoms with van der Waals surface area (Å²) in [7, 11) is 0. The zero-order valence-corrected chi connectivity index (χ0v) is 10.9. The molecule has 0 atom stereocenters. The van der Waals surface area contributed by atoms with Gasteiger partial charge in [-0.2, -0.15) is 0 Å². The van der Waals surface area contributed by atoms with Crippen LogP contribution in [0.3, 0.4) is 0 Å². The molecule has 88 valence electrons. The summed E-state index contributed by atoms with van der Waals surface area (Å²) in [5, 5.41) is 0. The second-order valence-electron chi connectivity index (χ2n) is 4.57. The largest absolute Gasteiger partial charge is 0.0791 e. The SMILES string of the molecule is S=C1/C(=C/c2ccccc2)CCc2ccccc21. The minimum atomic E-state index is 1.01. The normalized spacial score (nSPS) is 16.7. The first-order valence-electron chi connectivity index (χ1n) is 6.23. The predicted octanol–water partition coefficient (Wildman–Crippen LogP) is 4.43. The molecule has 0 spiro atoms. The van der Waals surface area contributed by atoms with Gasteiger partial charge in [0.25, 0.3) is 0 Å². The molecule has 0 fully saturated rings. The lowest BCUT2D eigenvalue weighted by Gasteiger charge is -2.19. The number of benzene rings is 2. The summed E-state index contributed by atoms with van der Waals surface area (Å²) in [6.45, 7) is 0. The van der Waals surface area contributed by atoms with Gasteiger partial charge in [-0.3, -0.25) is 0 Å². The third-order valence-corrected chi connectivity index (χ3v) is 3.84. The topological polar surface area (TPSA) is 0 Å². The molecule has 0 heterocycles. The molecule has 0 radical (unpaired) electrons. The fourth-order valence-corrected chi connectivity index (χ4v) is 2.76. The first kappa shape index (κ1) is 11.4. The predicted molar refractivity (Wildman–Crippen MR) is 80.9 cm³/mol. The highest BCUT2D eigenvalue weighted by atomic mass is 32.1. The van der Waals surface area contributed by atoms with Gasteiger partial charge in [0.1, 0.15) is 0 Å². The summed E-state index contributed by atoms with van der Waals surface area (Å²) >= 11 is 5.61. The van der Waals surface area contributed by atoms with Crippen LogP contribution in [0.4, 0.5) is 0 Å². The number of hydrogen-bond donors (Lipinski definition) is 0. The highest BCUT2D eigenvalue weighted by Gasteiger charge is 2.17. The van der Waals surface area contributed by atoms with E-state index in [0.717, 1.165) is 17.7 Å². The molecule has 2 aromatic carbocycles. The fourth-order valence-electron chi connectivity index (χ4n) is 2.40. The molecular formula is C17H14S. The van der Waals surface area contributed by atoms with E-state index in [0.29, 0.717) is 0 Å². The Labute approximate surface area is 113 Å². The first-order chi connectivity index (χ1) is 8.84. The minimum absolute atomic E-state index is 1.01. The van der Waals surface area contributed by atoms with Gasteiger partial charge in [0.15, 0.2) is 0 Å². The second kappa shape index (κ2) is 4.87. The van der Waals surface area contributed by atoms with Crippen LogP contribution in [-0.2, 0) is 6.42 Å². The maximum absolute atomic E-state index is 5.61. The summed E-state index contributed by atoms with van der Waals surface area (Å²) in [6.07, 6.45) is 4.36. The molecule has 1 aliphatic rings. The van der Waals surface area contributed by atoms with Crippen molar-refractivity contribution in [3.05, 3.63) is 76.9 Å². The van der Waals surface area contributed by atoms with Crippen molar-refractivity contribution in [2.75, 3.05) is 0 Å². The van der Waals surface area contributed by atoms with Crippen molar-refractivity contribution in [1.82, 2.24) is 0 Å². The molecule has 0 aromatic heterocycles. The number of allylic oxidation sites excluding steroid dienone is 1. The Kier molecular flexibility index (Phi) is 3.07. The third kappa shape index (κ3) is 2.14. The maximum Gasteiger partial charge on any atom is 0.0484 e. The van der Waals surface area contributed by atoms with Crippen molar-refractivity contribution in [2.45, 2.75) is 12.8 Å². The molecule has 2 aromatic rings. The number of rotatable bonds is 1. The lowest BCUT2D eigenvalue weighted by molar-refractivity contribution is 0.961. The van der Waals surface area contributed by atoms with E-state index in [4.69, 9.17) is 12.2 Å². The molecule has 0 N–H and O–H groups in total. The molecule has 0 saturated heterocycles. The average molecular weight is 250 g/mol. The Balaban J connectivity index is 1.98. The average Bonchev–Trinajstić information content (AvgIpc) is 2.43. The van der Waals surface area contributed by atoms with Crippen LogP contribution >= 0.6 is 12.2 Å². The molecule has 0 bridgehead atoms. The molecule has 1 heteroatoms. The van der Waals surface area contributed by atoms with E-state index in [1.165, 1.54) is 22.3 Å². The van der Waals surface area contributed by atoms with Crippen molar-refractivity contribution in [3.8, 4) is 0 Å². The summed E-state index contributed by atoms with van der Waals surface area (Å²) in [4.78, 5) is 1.01. The molecular weight excluding hydrogens is 236 g/mol. The van der Waals surface area contributed by atoms with E-state index >= 15 is 0 Å². The van der Waals surface area contributed by atoms with E-state index in [1.54, 1.807) is 0 Å². The molecule has 3 rings (SSSR count). The van der Waals surface area contributed by atoms with Crippen LogP contribution in [0.2, 0.25) is 0 Å². The second-order valence-corrected chi connectivity index (χ2v) is 4.97. The highest BCUT2D eigenvalue weighted by molar-refractivity contribution is 7.81. The van der Waals surface area contributed by atoms with Gasteiger partial charge in [-0.25, -0.2) is 0 Å². The van der Waals surface area contributed by atoms with E-state index < -0.39 is 0 Å². The lowest BCUT2D eigenvalue weighted by Crippen LogP contribution is -2.12. The van der Waals surface area contributed by atoms with Crippen LogP contribution in [-0.4, -0.2) is 4.86 Å². The Morgan fingerprint density at radius 3 is 2.39 bits per heavy atom. The Hall–Kier alpha value is -1.73. The van der Waals surface area contributed by atoms with Crippen molar-refractivity contribution in [3.63, 3.8) is 0 Å².